The highest BCUT2D eigenvalue weighted by Crippen LogP contribution is 2.11. The van der Waals surface area contributed by atoms with Crippen LogP contribution >= 0.6 is 0 Å². The topological polar surface area (TPSA) is 115 Å². The lowest BCUT2D eigenvalue weighted by Crippen LogP contribution is -2.36. The Labute approximate surface area is 123 Å². The van der Waals surface area contributed by atoms with Crippen LogP contribution in [0.4, 0.5) is 5.95 Å². The zero-order chi connectivity index (χ0) is 15.6. The second-order valence-corrected chi connectivity index (χ2v) is 7.37. The molecule has 0 spiro atoms. The van der Waals surface area contributed by atoms with Gasteiger partial charge in [0, 0.05) is 11.1 Å². The van der Waals surface area contributed by atoms with Crippen molar-refractivity contribution in [1.82, 2.24) is 15.3 Å². The molecule has 1 atom stereocenters. The highest BCUT2D eigenvalue weighted by Gasteiger charge is 2.24. The van der Waals surface area contributed by atoms with Crippen molar-refractivity contribution in [1.29, 1.82) is 0 Å². The number of carbonyl (C=O) groups excluding carboxylic acids is 1. The maximum Gasteiger partial charge on any atom is 0.270 e. The zero-order valence-electron chi connectivity index (χ0n) is 11.9. The molecular formula is C13H18N4O3S. The molecule has 0 bridgehead atoms. The third-order valence-electron chi connectivity index (χ3n) is 2.89. The monoisotopic (exact) mass is 310 g/mol. The van der Waals surface area contributed by atoms with Gasteiger partial charge in [0.25, 0.3) is 5.91 Å². The minimum absolute atomic E-state index is 0.0351. The Balaban J connectivity index is 2.12. The molecule has 0 aliphatic carbocycles. The number of rotatable bonds is 4. The Kier molecular flexibility index (Phi) is 4.26. The van der Waals surface area contributed by atoms with Crippen molar-refractivity contribution in [2.45, 2.75) is 26.3 Å². The molecule has 0 saturated heterocycles. The molecule has 8 heteroatoms. The number of hydrogen-bond donors (Lipinski definition) is 2. The minimum atomic E-state index is -3.21. The molecule has 21 heavy (non-hydrogen) atoms. The molecule has 0 fully saturated rings. The average molecular weight is 310 g/mol. The molecule has 1 aromatic rings. The number of nitrogens with one attached hydrogen (secondary N) is 1. The van der Waals surface area contributed by atoms with Crippen LogP contribution in [0.5, 0.6) is 0 Å². The molecule has 1 unspecified atom stereocenters. The van der Waals surface area contributed by atoms with Crippen molar-refractivity contribution in [3.05, 3.63) is 28.9 Å². The Morgan fingerprint density at radius 2 is 2.19 bits per heavy atom. The van der Waals surface area contributed by atoms with E-state index < -0.39 is 21.8 Å². The molecule has 3 N–H and O–H groups in total. The van der Waals surface area contributed by atoms with Crippen LogP contribution in [0.3, 0.4) is 0 Å². The van der Waals surface area contributed by atoms with Crippen molar-refractivity contribution >= 4 is 21.7 Å². The average Bonchev–Trinajstić information content (AvgIpc) is 2.66. The molecule has 2 rings (SSSR count). The van der Waals surface area contributed by atoms with E-state index in [4.69, 9.17) is 5.73 Å². The van der Waals surface area contributed by atoms with E-state index in [2.05, 4.69) is 15.3 Å². The number of nitrogens with zero attached hydrogens (tertiary/aromatic N) is 2. The van der Waals surface area contributed by atoms with Gasteiger partial charge in [0.1, 0.15) is 5.69 Å². The first-order valence-corrected chi connectivity index (χ1v) is 8.32. The van der Waals surface area contributed by atoms with Crippen molar-refractivity contribution in [2.24, 2.45) is 5.92 Å². The first-order chi connectivity index (χ1) is 9.75. The number of hydrogen-bond acceptors (Lipinski definition) is 6. The first kappa shape index (κ1) is 15.4. The van der Waals surface area contributed by atoms with Crippen LogP contribution < -0.4 is 11.1 Å². The SMILES string of the molecule is CC(C)Cc1cc(C(=O)NC2C=CS(=O)(=O)C2)nc(N)n1. The lowest BCUT2D eigenvalue weighted by atomic mass is 10.1. The molecule has 1 aromatic heterocycles. The molecule has 2 heterocycles. The van der Waals surface area contributed by atoms with E-state index in [9.17, 15) is 13.2 Å². The summed E-state index contributed by atoms with van der Waals surface area (Å²) in [5.74, 6) is -0.176. The number of sulfone groups is 1. The number of nitrogen functional groups attached to an aromatic ring is 1. The summed E-state index contributed by atoms with van der Waals surface area (Å²) in [4.78, 5) is 20.1. The minimum Gasteiger partial charge on any atom is -0.368 e. The summed E-state index contributed by atoms with van der Waals surface area (Å²) in [7, 11) is -3.21. The van der Waals surface area contributed by atoms with Gasteiger partial charge in [0.2, 0.25) is 5.95 Å². The standard InChI is InChI=1S/C13H18N4O3S/c1-8(2)5-10-6-11(17-13(14)16-10)12(18)15-9-3-4-21(19,20)7-9/h3-4,6,8-9H,5,7H2,1-2H3,(H,15,18)(H2,14,16,17). The Morgan fingerprint density at radius 1 is 1.48 bits per heavy atom. The fourth-order valence-electron chi connectivity index (χ4n) is 2.07. The highest BCUT2D eigenvalue weighted by molar-refractivity contribution is 7.94. The van der Waals surface area contributed by atoms with Gasteiger partial charge >= 0.3 is 0 Å². The van der Waals surface area contributed by atoms with Crippen LogP contribution in [0.2, 0.25) is 0 Å². The maximum absolute atomic E-state index is 12.1. The largest absolute Gasteiger partial charge is 0.368 e. The normalized spacial score (nSPS) is 19.9. The van der Waals surface area contributed by atoms with Gasteiger partial charge in [-0.25, -0.2) is 18.4 Å². The zero-order valence-corrected chi connectivity index (χ0v) is 12.7. The number of carbonyl (C=O) groups is 1. The van der Waals surface area contributed by atoms with E-state index in [-0.39, 0.29) is 17.4 Å². The smallest absolute Gasteiger partial charge is 0.270 e. The Hall–Kier alpha value is -1.96. The number of anilines is 1. The first-order valence-electron chi connectivity index (χ1n) is 6.60. The predicted octanol–water partition coefficient (Wildman–Crippen LogP) is 0.298. The maximum atomic E-state index is 12.1. The van der Waals surface area contributed by atoms with Gasteiger partial charge in [-0.15, -0.1) is 0 Å². The van der Waals surface area contributed by atoms with Gasteiger partial charge in [0.05, 0.1) is 11.8 Å². The van der Waals surface area contributed by atoms with E-state index in [1.807, 2.05) is 13.8 Å². The highest BCUT2D eigenvalue weighted by atomic mass is 32.2. The van der Waals surface area contributed by atoms with Crippen LogP contribution in [0.1, 0.15) is 30.0 Å². The number of aromatic nitrogens is 2. The van der Waals surface area contributed by atoms with Gasteiger partial charge in [-0.2, -0.15) is 0 Å². The van der Waals surface area contributed by atoms with Crippen LogP contribution in [0.25, 0.3) is 0 Å². The van der Waals surface area contributed by atoms with Gasteiger partial charge in [0.15, 0.2) is 9.84 Å². The third kappa shape index (κ3) is 4.25. The molecule has 1 amide bonds. The molecule has 7 nitrogen and oxygen atoms in total. The van der Waals surface area contributed by atoms with Crippen LogP contribution in [-0.4, -0.2) is 36.1 Å². The summed E-state index contributed by atoms with van der Waals surface area (Å²) >= 11 is 0. The number of amides is 1. The fraction of sp³-hybridized carbons (Fsp3) is 0.462. The summed E-state index contributed by atoms with van der Waals surface area (Å²) in [5, 5.41) is 3.72. The van der Waals surface area contributed by atoms with E-state index in [0.29, 0.717) is 18.0 Å². The second-order valence-electron chi connectivity index (χ2n) is 5.44. The van der Waals surface area contributed by atoms with Crippen molar-refractivity contribution in [3.8, 4) is 0 Å². The van der Waals surface area contributed by atoms with E-state index in [0.717, 1.165) is 5.41 Å². The molecule has 0 radical (unpaired) electrons. The van der Waals surface area contributed by atoms with E-state index in [1.165, 1.54) is 6.08 Å². The van der Waals surface area contributed by atoms with Gasteiger partial charge in [-0.05, 0) is 24.5 Å². The predicted molar refractivity (Wildman–Crippen MR) is 79.2 cm³/mol. The summed E-state index contributed by atoms with van der Waals surface area (Å²) in [6, 6.07) is 1.05. The molecule has 0 aromatic carbocycles. The number of nitrogens with two attached hydrogens (primary N) is 1. The fourth-order valence-corrected chi connectivity index (χ4v) is 3.30. The van der Waals surface area contributed by atoms with Crippen LogP contribution in [0.15, 0.2) is 17.6 Å². The molecular weight excluding hydrogens is 292 g/mol. The second kappa shape index (κ2) is 5.80. The quantitative estimate of drug-likeness (QED) is 0.826. The Bertz CT molecular complexity index is 683. The summed E-state index contributed by atoms with van der Waals surface area (Å²) in [6.07, 6.45) is 2.14. The molecule has 1 aliphatic heterocycles. The van der Waals surface area contributed by atoms with E-state index >= 15 is 0 Å². The summed E-state index contributed by atoms with van der Waals surface area (Å²) in [6.45, 7) is 4.07. The van der Waals surface area contributed by atoms with Gasteiger partial charge in [-0.3, -0.25) is 4.79 Å². The van der Waals surface area contributed by atoms with Crippen molar-refractivity contribution in [3.63, 3.8) is 0 Å². The van der Waals surface area contributed by atoms with Gasteiger partial charge < -0.3 is 11.1 Å². The van der Waals surface area contributed by atoms with E-state index in [1.54, 1.807) is 6.07 Å². The molecule has 0 saturated carbocycles. The van der Waals surface area contributed by atoms with Gasteiger partial charge in [-0.1, -0.05) is 13.8 Å². The van der Waals surface area contributed by atoms with Crippen molar-refractivity contribution < 1.29 is 13.2 Å². The van der Waals surface area contributed by atoms with Crippen LogP contribution in [0, 0.1) is 5.92 Å². The Morgan fingerprint density at radius 3 is 2.76 bits per heavy atom. The lowest BCUT2D eigenvalue weighted by Gasteiger charge is -2.11. The molecule has 1 aliphatic rings. The lowest BCUT2D eigenvalue weighted by molar-refractivity contribution is 0.0942. The molecule has 114 valence electrons. The summed E-state index contributed by atoms with van der Waals surface area (Å²) in [5.41, 5.74) is 6.45. The van der Waals surface area contributed by atoms with Crippen molar-refractivity contribution in [2.75, 3.05) is 11.5 Å². The van der Waals surface area contributed by atoms with Crippen LogP contribution in [-0.2, 0) is 16.3 Å². The third-order valence-corrected chi connectivity index (χ3v) is 4.29. The summed E-state index contributed by atoms with van der Waals surface area (Å²) < 4.78 is 22.6.